The molecule has 0 radical (unpaired) electrons. The number of aliphatic hydroxyl groups is 1. The Hall–Kier alpha value is -1.44. The molecule has 0 fully saturated rings. The lowest BCUT2D eigenvalue weighted by molar-refractivity contribution is 0.193. The summed E-state index contributed by atoms with van der Waals surface area (Å²) in [5, 5.41) is 15.0. The zero-order valence-corrected chi connectivity index (χ0v) is 14.5. The van der Waals surface area contributed by atoms with Gasteiger partial charge in [0.25, 0.3) is 0 Å². The van der Waals surface area contributed by atoms with Crippen LogP contribution in [0.3, 0.4) is 0 Å². The highest BCUT2D eigenvalue weighted by atomic mass is 32.2. The number of nitrogens with zero attached hydrogens (tertiary/aromatic N) is 5. The number of fused-ring (bicyclic) bond motifs is 1. The van der Waals surface area contributed by atoms with Crippen molar-refractivity contribution in [1.82, 2.24) is 24.6 Å². The Bertz CT molecular complexity index is 640. The van der Waals surface area contributed by atoms with Gasteiger partial charge in [-0.2, -0.15) is 5.10 Å². The minimum absolute atomic E-state index is 0.514. The molecule has 0 saturated heterocycles. The molecule has 124 valence electrons. The highest BCUT2D eigenvalue weighted by Gasteiger charge is 2.18. The summed E-state index contributed by atoms with van der Waals surface area (Å²) < 4.78 is 2.03. The van der Waals surface area contributed by atoms with Crippen LogP contribution in [0.4, 0.5) is 0 Å². The molecule has 2 aromatic heterocycles. The van der Waals surface area contributed by atoms with Crippen molar-refractivity contribution >= 4 is 11.8 Å². The van der Waals surface area contributed by atoms with Crippen molar-refractivity contribution in [2.45, 2.75) is 51.2 Å². The molecule has 1 atom stereocenters. The standard InChI is InChI=1S/C16H23N5OS/c1-3-23-16-17-8-13(9-18-16)10-20-5-4-6-21-14(11-20)7-15(19-21)12(2)22/h7-9,12,22H,3-6,10-11H2,1-2H3/t12-/m1/s1. The summed E-state index contributed by atoms with van der Waals surface area (Å²) >= 11 is 1.66. The first-order chi connectivity index (χ1) is 11.2. The van der Waals surface area contributed by atoms with Crippen LogP contribution in [-0.4, -0.2) is 42.1 Å². The third-order valence-electron chi connectivity index (χ3n) is 3.90. The molecule has 1 N–H and O–H groups in total. The quantitative estimate of drug-likeness (QED) is 0.669. The zero-order chi connectivity index (χ0) is 16.2. The van der Waals surface area contributed by atoms with Crippen LogP contribution in [0.2, 0.25) is 0 Å². The van der Waals surface area contributed by atoms with Gasteiger partial charge in [-0.3, -0.25) is 9.58 Å². The Morgan fingerprint density at radius 1 is 1.30 bits per heavy atom. The topological polar surface area (TPSA) is 67.1 Å². The maximum absolute atomic E-state index is 9.71. The number of thioether (sulfide) groups is 1. The van der Waals surface area contributed by atoms with E-state index in [0.717, 1.165) is 60.5 Å². The van der Waals surface area contributed by atoms with E-state index >= 15 is 0 Å². The number of aryl methyl sites for hydroxylation is 1. The van der Waals surface area contributed by atoms with Gasteiger partial charge < -0.3 is 5.11 Å². The Labute approximate surface area is 140 Å². The molecule has 3 heterocycles. The van der Waals surface area contributed by atoms with Crippen LogP contribution in [0.5, 0.6) is 0 Å². The molecule has 6 nitrogen and oxygen atoms in total. The van der Waals surface area contributed by atoms with E-state index in [9.17, 15) is 5.11 Å². The fourth-order valence-corrected chi connectivity index (χ4v) is 3.29. The molecule has 1 aliphatic heterocycles. The van der Waals surface area contributed by atoms with Crippen LogP contribution in [0.25, 0.3) is 0 Å². The fraction of sp³-hybridized carbons (Fsp3) is 0.562. The number of aromatic nitrogens is 4. The van der Waals surface area contributed by atoms with E-state index in [2.05, 4.69) is 26.9 Å². The molecule has 3 rings (SSSR count). The Morgan fingerprint density at radius 3 is 2.78 bits per heavy atom. The average molecular weight is 333 g/mol. The Morgan fingerprint density at radius 2 is 2.09 bits per heavy atom. The molecule has 1 aliphatic rings. The summed E-state index contributed by atoms with van der Waals surface area (Å²) in [7, 11) is 0. The minimum atomic E-state index is -0.514. The first kappa shape index (κ1) is 16.4. The van der Waals surface area contributed by atoms with Gasteiger partial charge in [-0.15, -0.1) is 0 Å². The van der Waals surface area contributed by atoms with Gasteiger partial charge in [-0.05, 0) is 25.2 Å². The van der Waals surface area contributed by atoms with Crippen LogP contribution in [0.1, 0.15) is 43.3 Å². The van der Waals surface area contributed by atoms with Crippen molar-refractivity contribution in [3.8, 4) is 0 Å². The van der Waals surface area contributed by atoms with Gasteiger partial charge in [0.2, 0.25) is 0 Å². The molecule has 0 saturated carbocycles. The summed E-state index contributed by atoms with van der Waals surface area (Å²) in [4.78, 5) is 11.2. The maximum Gasteiger partial charge on any atom is 0.187 e. The van der Waals surface area contributed by atoms with Crippen LogP contribution in [-0.2, 0) is 19.6 Å². The van der Waals surface area contributed by atoms with Crippen LogP contribution in [0, 0.1) is 0 Å². The average Bonchev–Trinajstić information content (AvgIpc) is 2.84. The summed E-state index contributed by atoms with van der Waals surface area (Å²) in [5.74, 6) is 0.987. The molecule has 23 heavy (non-hydrogen) atoms. The molecule has 0 bridgehead atoms. The van der Waals surface area contributed by atoms with E-state index in [1.165, 1.54) is 0 Å². The summed E-state index contributed by atoms with van der Waals surface area (Å²) in [6.07, 6.45) is 4.39. The number of hydrogen-bond donors (Lipinski definition) is 1. The monoisotopic (exact) mass is 333 g/mol. The van der Waals surface area contributed by atoms with Crippen molar-refractivity contribution in [2.24, 2.45) is 0 Å². The van der Waals surface area contributed by atoms with Crippen molar-refractivity contribution < 1.29 is 5.11 Å². The van der Waals surface area contributed by atoms with Crippen LogP contribution < -0.4 is 0 Å². The predicted molar refractivity (Wildman–Crippen MR) is 90.0 cm³/mol. The molecule has 0 unspecified atom stereocenters. The molecular weight excluding hydrogens is 310 g/mol. The third kappa shape index (κ3) is 4.10. The van der Waals surface area contributed by atoms with E-state index in [1.54, 1.807) is 18.7 Å². The maximum atomic E-state index is 9.71. The molecule has 2 aromatic rings. The first-order valence-corrected chi connectivity index (χ1v) is 9.05. The Kier molecular flexibility index (Phi) is 5.30. The fourth-order valence-electron chi connectivity index (χ4n) is 2.78. The first-order valence-electron chi connectivity index (χ1n) is 8.06. The normalized spacial score (nSPS) is 16.8. The lowest BCUT2D eigenvalue weighted by atomic mass is 10.2. The van der Waals surface area contributed by atoms with E-state index in [1.807, 2.05) is 23.1 Å². The minimum Gasteiger partial charge on any atom is -0.387 e. The van der Waals surface area contributed by atoms with E-state index in [0.29, 0.717) is 0 Å². The van der Waals surface area contributed by atoms with Gasteiger partial charge in [0.1, 0.15) is 0 Å². The molecule has 0 aromatic carbocycles. The molecule has 0 spiro atoms. The molecular formula is C16H23N5OS. The highest BCUT2D eigenvalue weighted by Crippen LogP contribution is 2.19. The van der Waals surface area contributed by atoms with Crippen molar-refractivity contribution in [3.05, 3.63) is 35.4 Å². The zero-order valence-electron chi connectivity index (χ0n) is 13.6. The molecule has 0 aliphatic carbocycles. The lowest BCUT2D eigenvalue weighted by Gasteiger charge is -2.19. The van der Waals surface area contributed by atoms with Gasteiger partial charge in [0.15, 0.2) is 5.16 Å². The van der Waals surface area contributed by atoms with Crippen LogP contribution >= 0.6 is 11.8 Å². The van der Waals surface area contributed by atoms with E-state index < -0.39 is 6.10 Å². The highest BCUT2D eigenvalue weighted by molar-refractivity contribution is 7.99. The summed E-state index contributed by atoms with van der Waals surface area (Å²) in [6, 6.07) is 2.01. The lowest BCUT2D eigenvalue weighted by Crippen LogP contribution is -2.23. The summed E-state index contributed by atoms with van der Waals surface area (Å²) in [6.45, 7) is 7.47. The van der Waals surface area contributed by atoms with Crippen molar-refractivity contribution in [2.75, 3.05) is 12.3 Å². The molecule has 0 amide bonds. The van der Waals surface area contributed by atoms with Gasteiger partial charge >= 0.3 is 0 Å². The predicted octanol–water partition coefficient (Wildman–Crippen LogP) is 2.24. The van der Waals surface area contributed by atoms with Gasteiger partial charge in [-0.25, -0.2) is 9.97 Å². The van der Waals surface area contributed by atoms with Crippen molar-refractivity contribution in [1.29, 1.82) is 0 Å². The molecule has 7 heteroatoms. The number of hydrogen-bond acceptors (Lipinski definition) is 6. The smallest absolute Gasteiger partial charge is 0.187 e. The van der Waals surface area contributed by atoms with Gasteiger partial charge in [0.05, 0.1) is 17.5 Å². The second kappa shape index (κ2) is 7.42. The Balaban J connectivity index is 1.68. The second-order valence-electron chi connectivity index (χ2n) is 5.83. The second-order valence-corrected chi connectivity index (χ2v) is 7.06. The van der Waals surface area contributed by atoms with Crippen LogP contribution in [0.15, 0.2) is 23.6 Å². The number of aliphatic hydroxyl groups excluding tert-OH is 1. The number of rotatable bonds is 5. The largest absolute Gasteiger partial charge is 0.387 e. The van der Waals surface area contributed by atoms with E-state index in [4.69, 9.17) is 0 Å². The third-order valence-corrected chi connectivity index (χ3v) is 4.66. The van der Waals surface area contributed by atoms with Gasteiger partial charge in [-0.1, -0.05) is 18.7 Å². The SMILES string of the molecule is CCSc1ncc(CN2CCCn3nc([C@@H](C)O)cc3C2)cn1. The summed E-state index contributed by atoms with van der Waals surface area (Å²) in [5.41, 5.74) is 3.05. The van der Waals surface area contributed by atoms with Crippen molar-refractivity contribution in [3.63, 3.8) is 0 Å². The van der Waals surface area contributed by atoms with E-state index in [-0.39, 0.29) is 0 Å². The van der Waals surface area contributed by atoms with Gasteiger partial charge in [0, 0.05) is 44.1 Å².